The van der Waals surface area contributed by atoms with E-state index < -0.39 is 8.07 Å². The van der Waals surface area contributed by atoms with Gasteiger partial charge in [0.25, 0.3) is 0 Å². The second-order valence-corrected chi connectivity index (χ2v) is 11.7. The second kappa shape index (κ2) is 15.1. The fraction of sp³-hybridized carbons (Fsp3) is 0.217. The maximum absolute atomic E-state index is 8.12. The Kier molecular flexibility index (Phi) is 14.3. The van der Waals surface area contributed by atoms with Crippen LogP contribution in [-0.2, 0) is 19.2 Å². The lowest BCUT2D eigenvalue weighted by Gasteiger charge is -2.04. The third-order valence-corrected chi connectivity index (χ3v) is 4.02. The van der Waals surface area contributed by atoms with Crippen LogP contribution >= 0.6 is 0 Å². The van der Waals surface area contributed by atoms with Crippen LogP contribution in [0.5, 0.6) is 0 Å². The molecule has 0 aromatic heterocycles. The molecule has 2 aromatic carbocycles. The van der Waals surface area contributed by atoms with Crippen molar-refractivity contribution in [2.45, 2.75) is 33.5 Å². The first-order valence-electron chi connectivity index (χ1n) is 8.66. The van der Waals surface area contributed by atoms with Crippen LogP contribution in [0.3, 0.4) is 0 Å². The van der Waals surface area contributed by atoms with Crippen molar-refractivity contribution in [3.05, 3.63) is 58.7 Å². The fourth-order valence-corrected chi connectivity index (χ4v) is 2.34. The molecule has 0 amide bonds. The minimum atomic E-state index is -1.30. The van der Waals surface area contributed by atoms with Crippen LogP contribution in [-0.4, -0.2) is 20.4 Å². The van der Waals surface area contributed by atoms with Gasteiger partial charge < -0.3 is 11.5 Å². The van der Waals surface area contributed by atoms with E-state index in [1.165, 1.54) is 5.56 Å². The van der Waals surface area contributed by atoms with E-state index in [1.54, 1.807) is 0 Å². The maximum Gasteiger partial charge on any atom is 0.373 e. The molecule has 6 nitrogen and oxygen atoms in total. The van der Waals surface area contributed by atoms with E-state index in [2.05, 4.69) is 43.9 Å². The first-order valence-corrected chi connectivity index (χ1v) is 12.2. The van der Waals surface area contributed by atoms with Gasteiger partial charge in [0, 0.05) is 22.5 Å². The van der Waals surface area contributed by atoms with Crippen LogP contribution in [0.4, 0.5) is 11.4 Å². The Morgan fingerprint density at radius 3 is 1.47 bits per heavy atom. The molecule has 2 rings (SSSR count). The molecule has 0 saturated heterocycles. The predicted molar refractivity (Wildman–Crippen MR) is 119 cm³/mol. The lowest BCUT2D eigenvalue weighted by Crippen LogP contribution is -2.16. The van der Waals surface area contributed by atoms with Gasteiger partial charge in [-0.2, -0.15) is 19.2 Å². The Balaban J connectivity index is 0. The summed E-state index contributed by atoms with van der Waals surface area (Å²) in [5, 5.41) is 0. The van der Waals surface area contributed by atoms with Crippen LogP contribution in [0.1, 0.15) is 22.3 Å². The van der Waals surface area contributed by atoms with Crippen molar-refractivity contribution in [3.8, 4) is 23.8 Å². The molecule has 30 heavy (non-hydrogen) atoms. The first-order chi connectivity index (χ1) is 13.9. The lowest BCUT2D eigenvalue weighted by molar-refractivity contribution is -0.193. The Labute approximate surface area is 178 Å². The molecule has 0 saturated carbocycles. The van der Waals surface area contributed by atoms with Crippen LogP contribution in [0, 0.1) is 37.7 Å². The van der Waals surface area contributed by atoms with Gasteiger partial charge in [-0.25, -0.2) is 0 Å². The summed E-state index contributed by atoms with van der Waals surface area (Å²) in [6.07, 6.45) is 5.69. The smallest absolute Gasteiger partial charge is 0.373 e. The second-order valence-electron chi connectivity index (χ2n) is 6.99. The standard InChI is InChI=1S/C12H17NSi.C9H9N.2CO2/c1-10-5-6-12(13)11(9-10)7-8-14(2,3)4;1-3-8-6-7(2)4-5-9(8)10;2*2-1-3/h5-6,9H,13H2,1-4H3;1,4-6H,10H2,2H3;;. The number of benzene rings is 2. The van der Waals surface area contributed by atoms with Gasteiger partial charge in [0.2, 0.25) is 0 Å². The summed E-state index contributed by atoms with van der Waals surface area (Å²) in [7, 11) is -1.30. The maximum atomic E-state index is 8.12. The molecule has 0 aliphatic heterocycles. The van der Waals surface area contributed by atoms with E-state index in [1.807, 2.05) is 43.3 Å². The summed E-state index contributed by atoms with van der Waals surface area (Å²) >= 11 is 0. The summed E-state index contributed by atoms with van der Waals surface area (Å²) in [4.78, 5) is 32.5. The molecule has 0 heterocycles. The number of rotatable bonds is 0. The van der Waals surface area contributed by atoms with Gasteiger partial charge in [-0.3, -0.25) is 0 Å². The number of nitrogen functional groups attached to an aromatic ring is 2. The van der Waals surface area contributed by atoms with Crippen molar-refractivity contribution >= 4 is 31.8 Å². The number of hydrogen-bond acceptors (Lipinski definition) is 6. The van der Waals surface area contributed by atoms with Gasteiger partial charge in [0.05, 0.1) is 0 Å². The van der Waals surface area contributed by atoms with Crippen molar-refractivity contribution in [2.75, 3.05) is 11.5 Å². The molecular formula is C23H26N2O4Si. The fourth-order valence-electron chi connectivity index (χ4n) is 1.83. The van der Waals surface area contributed by atoms with Gasteiger partial charge in [0.1, 0.15) is 8.07 Å². The molecule has 0 bridgehead atoms. The number of anilines is 2. The minimum absolute atomic E-state index is 0.250. The Morgan fingerprint density at radius 2 is 1.13 bits per heavy atom. The normalized spacial score (nSPS) is 8.40. The largest absolute Gasteiger partial charge is 0.398 e. The zero-order valence-electron chi connectivity index (χ0n) is 17.8. The Bertz CT molecular complexity index is 983. The molecule has 0 fully saturated rings. The molecule has 0 aliphatic rings. The van der Waals surface area contributed by atoms with Crippen molar-refractivity contribution < 1.29 is 19.2 Å². The summed E-state index contributed by atoms with van der Waals surface area (Å²) < 4.78 is 0. The number of carbonyl (C=O) groups excluding carboxylic acids is 4. The quantitative estimate of drug-likeness (QED) is 0.382. The van der Waals surface area contributed by atoms with Crippen molar-refractivity contribution in [2.24, 2.45) is 0 Å². The van der Waals surface area contributed by atoms with Gasteiger partial charge in [-0.05, 0) is 49.2 Å². The summed E-state index contributed by atoms with van der Waals surface area (Å²) in [6.45, 7) is 10.7. The molecule has 4 N–H and O–H groups in total. The highest BCUT2D eigenvalue weighted by molar-refractivity contribution is 6.83. The highest BCUT2D eigenvalue weighted by Crippen LogP contribution is 2.13. The van der Waals surface area contributed by atoms with Gasteiger partial charge in [0.15, 0.2) is 0 Å². The van der Waals surface area contributed by atoms with Crippen molar-refractivity contribution in [3.63, 3.8) is 0 Å². The Morgan fingerprint density at radius 1 is 0.767 bits per heavy atom. The van der Waals surface area contributed by atoms with Gasteiger partial charge in [-0.15, -0.1) is 12.0 Å². The summed E-state index contributed by atoms with van der Waals surface area (Å²) in [5.74, 6) is 5.69. The number of terminal acetylenes is 1. The van der Waals surface area contributed by atoms with E-state index in [-0.39, 0.29) is 12.3 Å². The molecule has 0 aliphatic carbocycles. The van der Waals surface area contributed by atoms with Gasteiger partial charge in [-0.1, -0.05) is 43.6 Å². The number of aryl methyl sites for hydroxylation is 2. The molecule has 7 heteroatoms. The third kappa shape index (κ3) is 14.2. The van der Waals surface area contributed by atoms with Crippen LogP contribution in [0.2, 0.25) is 19.6 Å². The SMILES string of the molecule is C#Cc1cc(C)ccc1N.Cc1ccc(N)c(C#C[Si](C)(C)C)c1.O=C=O.O=C=O. The zero-order valence-corrected chi connectivity index (χ0v) is 18.8. The number of hydrogen-bond donors (Lipinski definition) is 2. The number of nitrogens with two attached hydrogens (primary N) is 2. The molecule has 0 atom stereocenters. The van der Waals surface area contributed by atoms with E-state index in [4.69, 9.17) is 37.1 Å². The topological polar surface area (TPSA) is 120 Å². The van der Waals surface area contributed by atoms with Crippen molar-refractivity contribution in [1.82, 2.24) is 0 Å². The van der Waals surface area contributed by atoms with E-state index in [0.717, 1.165) is 22.4 Å². The zero-order chi connectivity index (χ0) is 23.7. The molecule has 0 radical (unpaired) electrons. The molecule has 2 aromatic rings. The highest BCUT2D eigenvalue weighted by Gasteiger charge is 2.07. The molecule has 0 spiro atoms. The molecule has 0 unspecified atom stereocenters. The van der Waals surface area contributed by atoms with Crippen LogP contribution in [0.25, 0.3) is 0 Å². The highest BCUT2D eigenvalue weighted by atomic mass is 28.3. The lowest BCUT2D eigenvalue weighted by atomic mass is 10.1. The summed E-state index contributed by atoms with van der Waals surface area (Å²) in [6, 6.07) is 11.6. The van der Waals surface area contributed by atoms with E-state index in [0.29, 0.717) is 5.69 Å². The predicted octanol–water partition coefficient (Wildman–Crippen LogP) is 3.20. The summed E-state index contributed by atoms with van der Waals surface area (Å²) in [5.41, 5.74) is 20.2. The molecular weight excluding hydrogens is 396 g/mol. The molecule has 156 valence electrons. The van der Waals surface area contributed by atoms with E-state index in [9.17, 15) is 0 Å². The Hall–Kier alpha value is -3.86. The first kappa shape index (κ1) is 28.3. The minimum Gasteiger partial charge on any atom is -0.398 e. The van der Waals surface area contributed by atoms with Gasteiger partial charge >= 0.3 is 12.3 Å². The average Bonchev–Trinajstić information content (AvgIpc) is 2.65. The monoisotopic (exact) mass is 422 g/mol. The van der Waals surface area contributed by atoms with Crippen LogP contribution in [0.15, 0.2) is 36.4 Å². The van der Waals surface area contributed by atoms with Crippen LogP contribution < -0.4 is 11.5 Å². The average molecular weight is 423 g/mol. The third-order valence-electron chi connectivity index (χ3n) is 3.15. The van der Waals surface area contributed by atoms with E-state index >= 15 is 0 Å². The van der Waals surface area contributed by atoms with Crippen molar-refractivity contribution in [1.29, 1.82) is 0 Å².